The van der Waals surface area contributed by atoms with Gasteiger partial charge in [-0.3, -0.25) is 9.59 Å². The molecule has 2 aromatic rings. The summed E-state index contributed by atoms with van der Waals surface area (Å²) in [7, 11) is -3.73. The summed E-state index contributed by atoms with van der Waals surface area (Å²) in [6, 6.07) is 11.5. The third-order valence-corrected chi connectivity index (χ3v) is 7.43. The van der Waals surface area contributed by atoms with E-state index in [1.807, 2.05) is 6.92 Å². The molecule has 172 valence electrons. The molecule has 9 heteroatoms. The van der Waals surface area contributed by atoms with Gasteiger partial charge in [-0.2, -0.15) is 4.31 Å². The van der Waals surface area contributed by atoms with E-state index >= 15 is 0 Å². The monoisotopic (exact) mass is 461 g/mol. The molecule has 0 aliphatic carbocycles. The van der Waals surface area contributed by atoms with Crippen LogP contribution in [0.25, 0.3) is 0 Å². The largest absolute Gasteiger partial charge is 0.352 e. The van der Waals surface area contributed by atoms with Gasteiger partial charge in [-0.25, -0.2) is 12.8 Å². The summed E-state index contributed by atoms with van der Waals surface area (Å²) in [5, 5.41) is 5.68. The number of piperidine rings is 1. The first-order chi connectivity index (χ1) is 15.3. The van der Waals surface area contributed by atoms with Crippen LogP contribution in [0.15, 0.2) is 53.4 Å². The first kappa shape index (κ1) is 23.9. The van der Waals surface area contributed by atoms with Crippen molar-refractivity contribution in [3.63, 3.8) is 0 Å². The van der Waals surface area contributed by atoms with Crippen LogP contribution in [-0.4, -0.2) is 44.2 Å². The molecule has 1 aliphatic rings. The van der Waals surface area contributed by atoms with E-state index < -0.39 is 15.8 Å². The molecule has 0 bridgehead atoms. The van der Waals surface area contributed by atoms with E-state index in [1.54, 1.807) is 24.3 Å². The number of para-hydroxylation sites is 1. The number of hydrogen-bond donors (Lipinski definition) is 2. The fourth-order valence-electron chi connectivity index (χ4n) is 3.61. The average Bonchev–Trinajstić information content (AvgIpc) is 2.80. The van der Waals surface area contributed by atoms with Crippen molar-refractivity contribution in [3.05, 3.63) is 59.9 Å². The molecule has 2 N–H and O–H groups in total. The minimum atomic E-state index is -3.73. The quantitative estimate of drug-likeness (QED) is 0.589. The van der Waals surface area contributed by atoms with E-state index in [9.17, 15) is 22.4 Å². The number of anilines is 1. The molecule has 1 fully saturated rings. The van der Waals surface area contributed by atoms with Crippen LogP contribution in [0.2, 0.25) is 0 Å². The molecule has 1 aliphatic heterocycles. The van der Waals surface area contributed by atoms with Gasteiger partial charge >= 0.3 is 0 Å². The van der Waals surface area contributed by atoms with Crippen LogP contribution in [0, 0.1) is 11.7 Å². The number of sulfonamides is 1. The van der Waals surface area contributed by atoms with Crippen molar-refractivity contribution < 1.29 is 22.4 Å². The lowest BCUT2D eigenvalue weighted by Crippen LogP contribution is -2.41. The number of amides is 2. The summed E-state index contributed by atoms with van der Waals surface area (Å²) < 4.78 is 39.9. The number of carbonyl (C=O) groups excluding carboxylic acids is 2. The lowest BCUT2D eigenvalue weighted by atomic mass is 9.97. The molecule has 0 saturated carbocycles. The number of benzene rings is 2. The molecule has 0 aromatic heterocycles. The maximum atomic E-state index is 13.1. The topological polar surface area (TPSA) is 95.6 Å². The normalized spacial score (nSPS) is 15.3. The molecule has 2 amide bonds. The van der Waals surface area contributed by atoms with E-state index in [-0.39, 0.29) is 35.7 Å². The molecule has 0 atom stereocenters. The zero-order valence-corrected chi connectivity index (χ0v) is 18.8. The number of rotatable bonds is 8. The smallest absolute Gasteiger partial charge is 0.253 e. The SMILES string of the molecule is CCCCNC(=O)c1ccccc1NC(=O)C1CCN(S(=O)(=O)c2ccc(F)cc2)CC1. The summed E-state index contributed by atoms with van der Waals surface area (Å²) >= 11 is 0. The van der Waals surface area contributed by atoms with E-state index in [0.717, 1.165) is 25.0 Å². The maximum Gasteiger partial charge on any atom is 0.253 e. The van der Waals surface area contributed by atoms with E-state index in [4.69, 9.17) is 0 Å². The van der Waals surface area contributed by atoms with Crippen molar-refractivity contribution >= 4 is 27.5 Å². The Labute approximate surface area is 188 Å². The van der Waals surface area contributed by atoms with Crippen LogP contribution in [0.4, 0.5) is 10.1 Å². The Balaban J connectivity index is 1.61. The second-order valence-corrected chi connectivity index (χ2v) is 9.71. The number of nitrogens with zero attached hydrogens (tertiary/aromatic N) is 1. The van der Waals surface area contributed by atoms with Crippen LogP contribution in [0.3, 0.4) is 0 Å². The summed E-state index contributed by atoms with van der Waals surface area (Å²) in [5.41, 5.74) is 0.834. The lowest BCUT2D eigenvalue weighted by molar-refractivity contribution is -0.120. The molecule has 1 heterocycles. The van der Waals surface area contributed by atoms with Crippen LogP contribution in [0.1, 0.15) is 43.0 Å². The number of nitrogens with one attached hydrogen (secondary N) is 2. The molecular weight excluding hydrogens is 433 g/mol. The second-order valence-electron chi connectivity index (χ2n) is 7.78. The van der Waals surface area contributed by atoms with Crippen molar-refractivity contribution in [2.45, 2.75) is 37.5 Å². The van der Waals surface area contributed by atoms with Crippen molar-refractivity contribution in [2.24, 2.45) is 5.92 Å². The van der Waals surface area contributed by atoms with Gasteiger partial charge in [-0.1, -0.05) is 25.5 Å². The zero-order valence-electron chi connectivity index (χ0n) is 18.0. The highest BCUT2D eigenvalue weighted by molar-refractivity contribution is 7.89. The van der Waals surface area contributed by atoms with Crippen molar-refractivity contribution in [1.82, 2.24) is 9.62 Å². The molecule has 3 rings (SSSR count). The van der Waals surface area contributed by atoms with Crippen LogP contribution in [-0.2, 0) is 14.8 Å². The minimum Gasteiger partial charge on any atom is -0.352 e. The first-order valence-electron chi connectivity index (χ1n) is 10.8. The highest BCUT2D eigenvalue weighted by atomic mass is 32.2. The highest BCUT2D eigenvalue weighted by Gasteiger charge is 2.32. The summed E-state index contributed by atoms with van der Waals surface area (Å²) in [6.45, 7) is 2.99. The third kappa shape index (κ3) is 5.72. The molecule has 32 heavy (non-hydrogen) atoms. The van der Waals surface area contributed by atoms with Gasteiger partial charge in [-0.05, 0) is 55.7 Å². The van der Waals surface area contributed by atoms with E-state index in [2.05, 4.69) is 10.6 Å². The average molecular weight is 462 g/mol. The predicted octanol–water partition coefficient (Wildman–Crippen LogP) is 3.40. The summed E-state index contributed by atoms with van der Waals surface area (Å²) in [5.74, 6) is -1.35. The number of hydrogen-bond acceptors (Lipinski definition) is 4. The van der Waals surface area contributed by atoms with Gasteiger partial charge in [0.05, 0.1) is 16.1 Å². The van der Waals surface area contributed by atoms with E-state index in [0.29, 0.717) is 30.6 Å². The van der Waals surface area contributed by atoms with Gasteiger partial charge in [0.2, 0.25) is 15.9 Å². The molecule has 0 spiro atoms. The zero-order chi connectivity index (χ0) is 23.1. The molecule has 0 radical (unpaired) electrons. The highest BCUT2D eigenvalue weighted by Crippen LogP contribution is 2.25. The predicted molar refractivity (Wildman–Crippen MR) is 120 cm³/mol. The van der Waals surface area contributed by atoms with Gasteiger partial charge < -0.3 is 10.6 Å². The first-order valence-corrected chi connectivity index (χ1v) is 12.2. The van der Waals surface area contributed by atoms with Crippen molar-refractivity contribution in [3.8, 4) is 0 Å². The summed E-state index contributed by atoms with van der Waals surface area (Å²) in [6.07, 6.45) is 2.56. The second kappa shape index (κ2) is 10.7. The fourth-order valence-corrected chi connectivity index (χ4v) is 5.08. The molecular formula is C23H28FN3O4S. The van der Waals surface area contributed by atoms with E-state index in [1.165, 1.54) is 16.4 Å². The Morgan fingerprint density at radius 1 is 1.06 bits per heavy atom. The van der Waals surface area contributed by atoms with Gasteiger partial charge in [0.25, 0.3) is 5.91 Å². The lowest BCUT2D eigenvalue weighted by Gasteiger charge is -2.30. The molecule has 1 saturated heterocycles. The third-order valence-electron chi connectivity index (χ3n) is 5.52. The maximum absolute atomic E-state index is 13.1. The number of carbonyl (C=O) groups is 2. The van der Waals surface area contributed by atoms with Crippen LogP contribution >= 0.6 is 0 Å². The Morgan fingerprint density at radius 2 is 1.72 bits per heavy atom. The Hall–Kier alpha value is -2.78. The van der Waals surface area contributed by atoms with Gasteiger partial charge in [0.15, 0.2) is 0 Å². The molecule has 2 aromatic carbocycles. The Kier molecular flexibility index (Phi) is 7.98. The van der Waals surface area contributed by atoms with Gasteiger partial charge in [-0.15, -0.1) is 0 Å². The Bertz CT molecular complexity index is 1050. The fraction of sp³-hybridized carbons (Fsp3) is 0.391. The minimum absolute atomic E-state index is 0.0322. The Morgan fingerprint density at radius 3 is 2.38 bits per heavy atom. The van der Waals surface area contributed by atoms with Crippen LogP contribution < -0.4 is 10.6 Å². The molecule has 0 unspecified atom stereocenters. The standard InChI is InChI=1S/C23H28FN3O4S/c1-2-3-14-25-23(29)20-6-4-5-7-21(20)26-22(28)17-12-15-27(16-13-17)32(30,31)19-10-8-18(24)9-11-19/h4-11,17H,2-3,12-16H2,1H3,(H,25,29)(H,26,28). The van der Waals surface area contributed by atoms with Gasteiger partial charge in [0, 0.05) is 25.6 Å². The number of unbranched alkanes of at least 4 members (excludes halogenated alkanes) is 1. The molecule has 7 nitrogen and oxygen atoms in total. The van der Waals surface area contributed by atoms with Crippen LogP contribution in [0.5, 0.6) is 0 Å². The van der Waals surface area contributed by atoms with Gasteiger partial charge in [0.1, 0.15) is 5.82 Å². The summed E-state index contributed by atoms with van der Waals surface area (Å²) in [4.78, 5) is 25.3. The van der Waals surface area contributed by atoms with Crippen molar-refractivity contribution in [1.29, 1.82) is 0 Å². The number of halogens is 1. The van der Waals surface area contributed by atoms with Crippen molar-refractivity contribution in [2.75, 3.05) is 25.0 Å².